The lowest BCUT2D eigenvalue weighted by Crippen LogP contribution is -2.30. The van der Waals surface area contributed by atoms with Gasteiger partial charge in [-0.1, -0.05) is 64.5 Å². The Morgan fingerprint density at radius 2 is 1.63 bits per heavy atom. The molecule has 152 valence electrons. The summed E-state index contributed by atoms with van der Waals surface area (Å²) < 4.78 is 1.01. The molecule has 3 aromatic rings. The van der Waals surface area contributed by atoms with Gasteiger partial charge in [0, 0.05) is 29.7 Å². The van der Waals surface area contributed by atoms with Gasteiger partial charge >= 0.3 is 0 Å². The maximum atomic E-state index is 12.4. The second-order valence-electron chi connectivity index (χ2n) is 7.57. The number of nitrogens with zero attached hydrogens (tertiary/aromatic N) is 2. The summed E-state index contributed by atoms with van der Waals surface area (Å²) in [5.74, 6) is -0.204. The largest absolute Gasteiger partial charge is 0.294 e. The number of hydrogen-bond acceptors (Lipinski definition) is 3. The molecule has 0 spiro atoms. The van der Waals surface area contributed by atoms with Gasteiger partial charge in [0.1, 0.15) is 0 Å². The minimum Gasteiger partial charge on any atom is -0.294 e. The number of halogens is 1. The van der Waals surface area contributed by atoms with Crippen LogP contribution in [0.5, 0.6) is 0 Å². The van der Waals surface area contributed by atoms with Crippen LogP contribution in [-0.4, -0.2) is 23.1 Å². The number of benzene rings is 3. The third-order valence-electron chi connectivity index (χ3n) is 5.42. The number of hydrazone groups is 1. The fourth-order valence-electron chi connectivity index (χ4n) is 3.66. The molecular formula is C25H24BrN3O. The van der Waals surface area contributed by atoms with Crippen molar-refractivity contribution in [1.82, 2.24) is 10.3 Å². The zero-order valence-electron chi connectivity index (χ0n) is 16.9. The Labute approximate surface area is 185 Å². The van der Waals surface area contributed by atoms with Gasteiger partial charge in [0.2, 0.25) is 0 Å². The van der Waals surface area contributed by atoms with Crippen molar-refractivity contribution in [2.24, 2.45) is 5.10 Å². The van der Waals surface area contributed by atoms with Crippen molar-refractivity contribution < 1.29 is 4.79 Å². The van der Waals surface area contributed by atoms with Crippen molar-refractivity contribution in [3.05, 3.63) is 105 Å². The molecular weight excluding hydrogens is 438 g/mol. The molecule has 30 heavy (non-hydrogen) atoms. The Balaban J connectivity index is 1.34. The minimum atomic E-state index is -0.204. The van der Waals surface area contributed by atoms with Crippen LogP contribution >= 0.6 is 15.9 Å². The van der Waals surface area contributed by atoms with Crippen LogP contribution in [0.2, 0.25) is 0 Å². The van der Waals surface area contributed by atoms with Crippen LogP contribution < -0.4 is 5.43 Å². The average Bonchev–Trinajstić information content (AvgIpc) is 2.78. The smallest absolute Gasteiger partial charge is 0.271 e. The lowest BCUT2D eigenvalue weighted by atomic mass is 9.99. The van der Waals surface area contributed by atoms with Gasteiger partial charge in [0.25, 0.3) is 5.91 Å². The van der Waals surface area contributed by atoms with Gasteiger partial charge in [-0.2, -0.15) is 5.10 Å². The standard InChI is InChI=1S/C25H24BrN3O/c1-18(20-10-12-24(26)13-11-20)27-28-25(30)22-8-6-19(7-9-22)16-29-15-14-21-4-2-3-5-23(21)17-29/h2-13H,14-17H2,1H3,(H,28,30)/b27-18-. The number of nitrogens with one attached hydrogen (secondary N) is 1. The monoisotopic (exact) mass is 461 g/mol. The Bertz CT molecular complexity index is 1060. The van der Waals surface area contributed by atoms with E-state index in [1.165, 1.54) is 16.7 Å². The second kappa shape index (κ2) is 9.37. The summed E-state index contributed by atoms with van der Waals surface area (Å²) in [5, 5.41) is 4.23. The number of hydrogen-bond donors (Lipinski definition) is 1. The fourth-order valence-corrected chi connectivity index (χ4v) is 3.93. The van der Waals surface area contributed by atoms with E-state index in [-0.39, 0.29) is 5.91 Å². The lowest BCUT2D eigenvalue weighted by Gasteiger charge is -2.28. The van der Waals surface area contributed by atoms with Gasteiger partial charge in [-0.15, -0.1) is 0 Å². The number of rotatable bonds is 5. The Morgan fingerprint density at radius 3 is 2.37 bits per heavy atom. The highest BCUT2D eigenvalue weighted by atomic mass is 79.9. The molecule has 0 bridgehead atoms. The first-order valence-corrected chi connectivity index (χ1v) is 10.9. The molecule has 5 heteroatoms. The molecule has 0 aromatic heterocycles. The number of amides is 1. The van der Waals surface area contributed by atoms with Crippen LogP contribution in [0, 0.1) is 0 Å². The Morgan fingerprint density at radius 1 is 0.967 bits per heavy atom. The molecule has 3 aromatic carbocycles. The summed E-state index contributed by atoms with van der Waals surface area (Å²) in [4.78, 5) is 14.9. The highest BCUT2D eigenvalue weighted by Gasteiger charge is 2.16. The third kappa shape index (κ3) is 5.04. The highest BCUT2D eigenvalue weighted by molar-refractivity contribution is 9.10. The second-order valence-corrected chi connectivity index (χ2v) is 8.49. The first kappa shape index (κ1) is 20.5. The number of carbonyl (C=O) groups excluding carboxylic acids is 1. The predicted octanol–water partition coefficient (Wildman–Crippen LogP) is 5.16. The van der Waals surface area contributed by atoms with Crippen molar-refractivity contribution in [3.63, 3.8) is 0 Å². The van der Waals surface area contributed by atoms with E-state index in [9.17, 15) is 4.79 Å². The van der Waals surface area contributed by atoms with Crippen LogP contribution in [0.4, 0.5) is 0 Å². The molecule has 4 nitrogen and oxygen atoms in total. The van der Waals surface area contributed by atoms with E-state index in [4.69, 9.17) is 0 Å². The molecule has 0 aliphatic carbocycles. The average molecular weight is 462 g/mol. The van der Waals surface area contributed by atoms with E-state index in [0.29, 0.717) is 5.56 Å². The first-order valence-electron chi connectivity index (χ1n) is 10.1. The SMILES string of the molecule is C/C(=N/NC(=O)c1ccc(CN2CCc3ccccc3C2)cc1)c1ccc(Br)cc1. The van der Waals surface area contributed by atoms with Crippen LogP contribution in [-0.2, 0) is 19.5 Å². The van der Waals surface area contributed by atoms with Crippen LogP contribution in [0.1, 0.15) is 39.5 Å². The third-order valence-corrected chi connectivity index (χ3v) is 5.95. The molecule has 0 fully saturated rings. The summed E-state index contributed by atoms with van der Waals surface area (Å²) in [7, 11) is 0. The quantitative estimate of drug-likeness (QED) is 0.421. The topological polar surface area (TPSA) is 44.7 Å². The Kier molecular flexibility index (Phi) is 6.41. The zero-order chi connectivity index (χ0) is 20.9. The molecule has 4 rings (SSSR count). The highest BCUT2D eigenvalue weighted by Crippen LogP contribution is 2.20. The van der Waals surface area contributed by atoms with Gasteiger partial charge in [-0.3, -0.25) is 9.69 Å². The first-order chi connectivity index (χ1) is 14.6. The summed E-state index contributed by atoms with van der Waals surface area (Å²) >= 11 is 3.42. The maximum absolute atomic E-state index is 12.4. The molecule has 0 saturated carbocycles. The molecule has 0 saturated heterocycles. The van der Waals surface area contributed by atoms with Gasteiger partial charge < -0.3 is 0 Å². The van der Waals surface area contributed by atoms with E-state index in [0.717, 1.165) is 41.8 Å². The van der Waals surface area contributed by atoms with Gasteiger partial charge in [-0.05, 0) is 59.9 Å². The predicted molar refractivity (Wildman–Crippen MR) is 125 cm³/mol. The minimum absolute atomic E-state index is 0.204. The van der Waals surface area contributed by atoms with E-state index >= 15 is 0 Å². The van der Waals surface area contributed by atoms with E-state index in [1.807, 2.05) is 55.5 Å². The van der Waals surface area contributed by atoms with E-state index in [2.05, 4.69) is 55.6 Å². The summed E-state index contributed by atoms with van der Waals surface area (Å²) in [6.07, 6.45) is 1.09. The normalized spacial score (nSPS) is 14.3. The molecule has 1 aliphatic heterocycles. The molecule has 1 N–H and O–H groups in total. The number of carbonyl (C=O) groups is 1. The van der Waals surface area contributed by atoms with Gasteiger partial charge in [0.05, 0.1) is 5.71 Å². The van der Waals surface area contributed by atoms with Crippen molar-refractivity contribution >= 4 is 27.5 Å². The Hall–Kier alpha value is -2.76. The van der Waals surface area contributed by atoms with Gasteiger partial charge in [-0.25, -0.2) is 5.43 Å². The fraction of sp³-hybridized carbons (Fsp3) is 0.200. The molecule has 1 amide bonds. The summed E-state index contributed by atoms with van der Waals surface area (Å²) in [6.45, 7) is 4.80. The van der Waals surface area contributed by atoms with E-state index in [1.54, 1.807) is 0 Å². The number of fused-ring (bicyclic) bond motifs is 1. The van der Waals surface area contributed by atoms with Crippen LogP contribution in [0.3, 0.4) is 0 Å². The molecule has 0 unspecified atom stereocenters. The van der Waals surface area contributed by atoms with Crippen molar-refractivity contribution in [2.45, 2.75) is 26.4 Å². The summed E-state index contributed by atoms with van der Waals surface area (Å²) in [6, 6.07) is 24.3. The van der Waals surface area contributed by atoms with Gasteiger partial charge in [0.15, 0.2) is 0 Å². The molecule has 0 atom stereocenters. The van der Waals surface area contributed by atoms with Crippen molar-refractivity contribution in [1.29, 1.82) is 0 Å². The van der Waals surface area contributed by atoms with E-state index < -0.39 is 0 Å². The molecule has 1 heterocycles. The van der Waals surface area contributed by atoms with Crippen molar-refractivity contribution in [2.75, 3.05) is 6.54 Å². The van der Waals surface area contributed by atoms with Crippen LogP contribution in [0.15, 0.2) is 82.4 Å². The maximum Gasteiger partial charge on any atom is 0.271 e. The summed E-state index contributed by atoms with van der Waals surface area (Å²) in [5.41, 5.74) is 9.07. The zero-order valence-corrected chi connectivity index (χ0v) is 18.5. The molecule has 1 aliphatic rings. The lowest BCUT2D eigenvalue weighted by molar-refractivity contribution is 0.0955. The molecule has 0 radical (unpaired) electrons. The van der Waals surface area contributed by atoms with Crippen molar-refractivity contribution in [3.8, 4) is 0 Å². The van der Waals surface area contributed by atoms with Crippen LogP contribution in [0.25, 0.3) is 0 Å².